The first-order valence-electron chi connectivity index (χ1n) is 6.54. The van der Waals surface area contributed by atoms with Crippen LogP contribution < -0.4 is 14.8 Å². The highest BCUT2D eigenvalue weighted by atomic mass is 16.6. The maximum atomic E-state index is 11.9. The van der Waals surface area contributed by atoms with Crippen LogP contribution in [0.5, 0.6) is 11.5 Å². The molecule has 1 N–H and O–H groups in total. The Morgan fingerprint density at radius 3 is 2.55 bits per heavy atom. The predicted molar refractivity (Wildman–Crippen MR) is 76.0 cm³/mol. The number of benzene rings is 2. The van der Waals surface area contributed by atoms with Gasteiger partial charge in [-0.25, -0.2) is 0 Å². The van der Waals surface area contributed by atoms with E-state index in [9.17, 15) is 4.79 Å². The van der Waals surface area contributed by atoms with Crippen molar-refractivity contribution >= 4 is 11.6 Å². The highest BCUT2D eigenvalue weighted by molar-refractivity contribution is 5.91. The Labute approximate surface area is 117 Å². The average molecular weight is 269 g/mol. The molecule has 1 unspecified atom stereocenters. The lowest BCUT2D eigenvalue weighted by Gasteiger charge is -2.26. The molecule has 1 heterocycles. The summed E-state index contributed by atoms with van der Waals surface area (Å²) in [5.41, 5.74) is 0.787. The molecule has 0 radical (unpaired) electrons. The van der Waals surface area contributed by atoms with E-state index in [2.05, 4.69) is 5.32 Å². The quantitative estimate of drug-likeness (QED) is 0.932. The molecule has 0 saturated carbocycles. The van der Waals surface area contributed by atoms with Gasteiger partial charge in [0.2, 0.25) is 5.91 Å². The van der Waals surface area contributed by atoms with Crippen molar-refractivity contribution in [2.75, 3.05) is 11.9 Å². The number of carbonyl (C=O) groups excluding carboxylic acids is 1. The van der Waals surface area contributed by atoms with Crippen LogP contribution in [0.25, 0.3) is 0 Å². The minimum atomic E-state index is -0.256. The Morgan fingerprint density at radius 2 is 1.75 bits per heavy atom. The summed E-state index contributed by atoms with van der Waals surface area (Å²) in [5.74, 6) is 1.34. The highest BCUT2D eigenvalue weighted by Gasteiger charge is 2.23. The molecular weight excluding hydrogens is 254 g/mol. The number of amides is 1. The number of nitrogens with one attached hydrogen (secondary N) is 1. The Kier molecular flexibility index (Phi) is 3.54. The lowest BCUT2D eigenvalue weighted by molar-refractivity contribution is -0.118. The molecule has 0 aliphatic carbocycles. The second-order valence-electron chi connectivity index (χ2n) is 4.62. The van der Waals surface area contributed by atoms with Crippen LogP contribution in [-0.4, -0.2) is 18.6 Å². The number of hydrogen-bond donors (Lipinski definition) is 1. The van der Waals surface area contributed by atoms with E-state index in [1.54, 1.807) is 0 Å². The van der Waals surface area contributed by atoms with Gasteiger partial charge in [-0.05, 0) is 24.3 Å². The number of fused-ring (bicyclic) bond motifs is 1. The topological polar surface area (TPSA) is 47.6 Å². The fourth-order valence-corrected chi connectivity index (χ4v) is 2.10. The number of ether oxygens (including phenoxy) is 2. The van der Waals surface area contributed by atoms with Gasteiger partial charge in [-0.1, -0.05) is 30.3 Å². The summed E-state index contributed by atoms with van der Waals surface area (Å²) in [7, 11) is 0. The van der Waals surface area contributed by atoms with Crippen molar-refractivity contribution in [2.24, 2.45) is 0 Å². The monoisotopic (exact) mass is 269 g/mol. The van der Waals surface area contributed by atoms with Crippen molar-refractivity contribution in [1.82, 2.24) is 0 Å². The molecule has 1 amide bonds. The van der Waals surface area contributed by atoms with E-state index in [1.807, 2.05) is 54.6 Å². The number of anilines is 1. The minimum absolute atomic E-state index is 0.0795. The summed E-state index contributed by atoms with van der Waals surface area (Å²) in [4.78, 5) is 11.9. The Hall–Kier alpha value is -2.49. The van der Waals surface area contributed by atoms with Crippen molar-refractivity contribution in [3.05, 3.63) is 54.6 Å². The van der Waals surface area contributed by atoms with Crippen molar-refractivity contribution in [1.29, 1.82) is 0 Å². The number of hydrogen-bond acceptors (Lipinski definition) is 3. The third-order valence-corrected chi connectivity index (χ3v) is 3.04. The molecule has 4 heteroatoms. The van der Waals surface area contributed by atoms with Gasteiger partial charge in [0.15, 0.2) is 11.5 Å². The number of para-hydroxylation sites is 3. The summed E-state index contributed by atoms with van der Waals surface area (Å²) in [5, 5.41) is 2.84. The third-order valence-electron chi connectivity index (χ3n) is 3.04. The first kappa shape index (κ1) is 12.5. The maximum Gasteiger partial charge on any atom is 0.228 e. The van der Waals surface area contributed by atoms with Gasteiger partial charge in [-0.2, -0.15) is 0 Å². The third kappa shape index (κ3) is 2.91. The van der Waals surface area contributed by atoms with Gasteiger partial charge in [0, 0.05) is 5.69 Å². The zero-order valence-electron chi connectivity index (χ0n) is 10.9. The largest absolute Gasteiger partial charge is 0.486 e. The summed E-state index contributed by atoms with van der Waals surface area (Å²) in [6.45, 7) is 0.388. The zero-order chi connectivity index (χ0) is 13.8. The van der Waals surface area contributed by atoms with E-state index < -0.39 is 0 Å². The molecule has 3 rings (SSSR count). The van der Waals surface area contributed by atoms with Crippen LogP contribution in [-0.2, 0) is 4.79 Å². The van der Waals surface area contributed by atoms with Crippen LogP contribution in [0.4, 0.5) is 5.69 Å². The Bertz CT molecular complexity index is 598. The van der Waals surface area contributed by atoms with Gasteiger partial charge >= 0.3 is 0 Å². The van der Waals surface area contributed by atoms with Gasteiger partial charge in [0.05, 0.1) is 6.42 Å². The lowest BCUT2D eigenvalue weighted by atomic mass is 10.2. The minimum Gasteiger partial charge on any atom is -0.486 e. The van der Waals surface area contributed by atoms with E-state index in [0.717, 1.165) is 11.4 Å². The fraction of sp³-hybridized carbons (Fsp3) is 0.188. The Morgan fingerprint density at radius 1 is 1.05 bits per heavy atom. The van der Waals surface area contributed by atoms with Crippen LogP contribution in [0.15, 0.2) is 54.6 Å². The van der Waals surface area contributed by atoms with Crippen molar-refractivity contribution in [3.63, 3.8) is 0 Å². The highest BCUT2D eigenvalue weighted by Crippen LogP contribution is 2.31. The normalized spacial score (nSPS) is 16.5. The maximum absolute atomic E-state index is 11.9. The first-order valence-corrected chi connectivity index (χ1v) is 6.54. The van der Waals surface area contributed by atoms with Crippen LogP contribution in [0.1, 0.15) is 6.42 Å². The second-order valence-corrected chi connectivity index (χ2v) is 4.62. The molecule has 0 aromatic heterocycles. The molecule has 1 aliphatic rings. The molecule has 1 aliphatic heterocycles. The second kappa shape index (κ2) is 5.65. The van der Waals surface area contributed by atoms with Gasteiger partial charge in [-0.3, -0.25) is 4.79 Å². The van der Waals surface area contributed by atoms with Crippen LogP contribution >= 0.6 is 0 Å². The average Bonchev–Trinajstić information content (AvgIpc) is 2.48. The lowest BCUT2D eigenvalue weighted by Crippen LogP contribution is -2.33. The summed E-state index contributed by atoms with van der Waals surface area (Å²) < 4.78 is 11.3. The molecule has 102 valence electrons. The number of carbonyl (C=O) groups is 1. The first-order chi connectivity index (χ1) is 9.81. The molecule has 2 aromatic rings. The summed E-state index contributed by atoms with van der Waals surface area (Å²) >= 11 is 0. The molecule has 0 spiro atoms. The predicted octanol–water partition coefficient (Wildman–Crippen LogP) is 2.86. The summed E-state index contributed by atoms with van der Waals surface area (Å²) in [6, 6.07) is 16.9. The van der Waals surface area contributed by atoms with Crippen LogP contribution in [0.2, 0.25) is 0 Å². The van der Waals surface area contributed by atoms with Crippen molar-refractivity contribution in [2.45, 2.75) is 12.5 Å². The fourth-order valence-electron chi connectivity index (χ4n) is 2.10. The van der Waals surface area contributed by atoms with E-state index in [1.165, 1.54) is 0 Å². The Balaban J connectivity index is 1.58. The molecule has 0 fully saturated rings. The SMILES string of the molecule is O=C(CC1COc2ccccc2O1)Nc1ccccc1. The molecule has 2 aromatic carbocycles. The van der Waals surface area contributed by atoms with Crippen molar-refractivity contribution < 1.29 is 14.3 Å². The van der Waals surface area contributed by atoms with Gasteiger partial charge in [0.1, 0.15) is 12.7 Å². The molecule has 0 saturated heterocycles. The van der Waals surface area contributed by atoms with Crippen LogP contribution in [0.3, 0.4) is 0 Å². The summed E-state index contributed by atoms with van der Waals surface area (Å²) in [6.07, 6.45) is 0.0112. The standard InChI is InChI=1S/C16H15NO3/c18-16(17-12-6-2-1-3-7-12)10-13-11-19-14-8-4-5-9-15(14)20-13/h1-9,13H,10-11H2,(H,17,18). The van der Waals surface area contributed by atoms with Crippen molar-refractivity contribution in [3.8, 4) is 11.5 Å². The smallest absolute Gasteiger partial charge is 0.228 e. The molecule has 0 bridgehead atoms. The van der Waals surface area contributed by atoms with Gasteiger partial charge < -0.3 is 14.8 Å². The molecule has 20 heavy (non-hydrogen) atoms. The molecule has 1 atom stereocenters. The van der Waals surface area contributed by atoms with E-state index >= 15 is 0 Å². The molecular formula is C16H15NO3. The van der Waals surface area contributed by atoms with Crippen LogP contribution in [0, 0.1) is 0 Å². The van der Waals surface area contributed by atoms with Gasteiger partial charge in [-0.15, -0.1) is 0 Å². The van der Waals surface area contributed by atoms with E-state index in [4.69, 9.17) is 9.47 Å². The molecule has 4 nitrogen and oxygen atoms in total. The van der Waals surface area contributed by atoms with E-state index in [-0.39, 0.29) is 18.4 Å². The zero-order valence-corrected chi connectivity index (χ0v) is 10.9. The van der Waals surface area contributed by atoms with Gasteiger partial charge in [0.25, 0.3) is 0 Å². The number of rotatable bonds is 3. The van der Waals surface area contributed by atoms with E-state index in [0.29, 0.717) is 12.4 Å².